The lowest BCUT2D eigenvalue weighted by Crippen LogP contribution is -2.29. The summed E-state index contributed by atoms with van der Waals surface area (Å²) in [5.74, 6) is 0.876. The molecule has 1 N–H and O–H groups in total. The van der Waals surface area contributed by atoms with Crippen LogP contribution in [0.1, 0.15) is 10.6 Å². The van der Waals surface area contributed by atoms with Crippen molar-refractivity contribution in [3.8, 4) is 16.2 Å². The Morgan fingerprint density at radius 3 is 2.50 bits per heavy atom. The Morgan fingerprint density at radius 2 is 1.79 bits per heavy atom. The van der Waals surface area contributed by atoms with E-state index in [4.69, 9.17) is 4.74 Å². The van der Waals surface area contributed by atoms with Crippen LogP contribution >= 0.6 is 11.3 Å². The number of nitrogens with zero attached hydrogens (tertiary/aromatic N) is 2. The monoisotopic (exact) mass is 339 g/mol. The maximum Gasteiger partial charge on any atom is 0.119 e. The van der Waals surface area contributed by atoms with E-state index in [0.717, 1.165) is 22.9 Å². The van der Waals surface area contributed by atoms with Crippen LogP contribution in [0.15, 0.2) is 60.8 Å². The van der Waals surface area contributed by atoms with Crippen LogP contribution in [0.4, 0.5) is 0 Å². The van der Waals surface area contributed by atoms with E-state index in [9.17, 15) is 0 Å². The molecule has 124 valence electrons. The number of hydrazine groups is 1. The van der Waals surface area contributed by atoms with Crippen molar-refractivity contribution < 1.29 is 4.74 Å². The molecule has 0 atom stereocenters. The lowest BCUT2D eigenvalue weighted by atomic mass is 10.2. The summed E-state index contributed by atoms with van der Waals surface area (Å²) in [6.07, 6.45) is 1.93. The van der Waals surface area contributed by atoms with Crippen LogP contribution < -0.4 is 10.2 Å². The number of aromatic nitrogens is 1. The molecule has 0 fully saturated rings. The van der Waals surface area contributed by atoms with E-state index in [1.54, 1.807) is 11.3 Å². The molecule has 4 nitrogen and oxygen atoms in total. The number of ether oxygens (including phenoxy) is 1. The summed E-state index contributed by atoms with van der Waals surface area (Å²) in [5.41, 5.74) is 5.56. The number of nitrogens with one attached hydrogen (secondary N) is 1. The normalized spacial score (nSPS) is 11.0. The van der Waals surface area contributed by atoms with E-state index in [0.29, 0.717) is 6.61 Å². The quantitative estimate of drug-likeness (QED) is 0.661. The van der Waals surface area contributed by atoms with Crippen LogP contribution in [-0.2, 0) is 13.2 Å². The van der Waals surface area contributed by atoms with Crippen molar-refractivity contribution in [1.82, 2.24) is 15.4 Å². The van der Waals surface area contributed by atoms with Gasteiger partial charge in [0.2, 0.25) is 0 Å². The van der Waals surface area contributed by atoms with Crippen molar-refractivity contribution in [2.45, 2.75) is 13.2 Å². The molecule has 0 amide bonds. The van der Waals surface area contributed by atoms with Gasteiger partial charge in [0, 0.05) is 20.3 Å². The van der Waals surface area contributed by atoms with Crippen LogP contribution in [0.5, 0.6) is 5.75 Å². The predicted octanol–water partition coefficient (Wildman–Crippen LogP) is 3.96. The first kappa shape index (κ1) is 16.6. The van der Waals surface area contributed by atoms with Gasteiger partial charge in [-0.3, -0.25) is 5.01 Å². The Hall–Kier alpha value is -2.21. The van der Waals surface area contributed by atoms with E-state index in [2.05, 4.69) is 34.7 Å². The molecule has 3 aromatic rings. The van der Waals surface area contributed by atoms with Gasteiger partial charge in [-0.25, -0.2) is 10.4 Å². The van der Waals surface area contributed by atoms with Crippen molar-refractivity contribution in [2.24, 2.45) is 0 Å². The third-order valence-corrected chi connectivity index (χ3v) is 4.53. The summed E-state index contributed by atoms with van der Waals surface area (Å²) >= 11 is 1.70. The first-order valence-corrected chi connectivity index (χ1v) is 8.65. The molecule has 0 spiro atoms. The molecule has 0 radical (unpaired) electrons. The zero-order valence-corrected chi connectivity index (χ0v) is 14.7. The molecule has 0 unspecified atom stereocenters. The van der Waals surface area contributed by atoms with Gasteiger partial charge in [0.05, 0.1) is 11.4 Å². The largest absolute Gasteiger partial charge is 0.489 e. The van der Waals surface area contributed by atoms with Crippen molar-refractivity contribution >= 4 is 11.3 Å². The summed E-state index contributed by atoms with van der Waals surface area (Å²) in [7, 11) is 3.95. The van der Waals surface area contributed by atoms with Gasteiger partial charge in [-0.05, 0) is 35.4 Å². The highest BCUT2D eigenvalue weighted by Crippen LogP contribution is 2.28. The SMILES string of the molecule is CN(C)NCc1ncc(-c2ccc(OCc3ccccc3)cc2)s1. The topological polar surface area (TPSA) is 37.4 Å². The molecular weight excluding hydrogens is 318 g/mol. The molecule has 3 rings (SSSR count). The van der Waals surface area contributed by atoms with E-state index in [1.807, 2.05) is 55.6 Å². The van der Waals surface area contributed by atoms with Gasteiger partial charge in [0.15, 0.2) is 0 Å². The highest BCUT2D eigenvalue weighted by molar-refractivity contribution is 7.15. The van der Waals surface area contributed by atoms with Crippen LogP contribution in [0.25, 0.3) is 10.4 Å². The average molecular weight is 339 g/mol. The molecule has 1 heterocycles. The summed E-state index contributed by atoms with van der Waals surface area (Å²) in [5, 5.41) is 3.00. The molecule has 0 aliphatic rings. The van der Waals surface area contributed by atoms with Crippen LogP contribution in [0.2, 0.25) is 0 Å². The fourth-order valence-electron chi connectivity index (χ4n) is 2.21. The number of benzene rings is 2. The van der Waals surface area contributed by atoms with Gasteiger partial charge in [0.1, 0.15) is 17.4 Å². The molecule has 24 heavy (non-hydrogen) atoms. The molecule has 0 saturated carbocycles. The third-order valence-electron chi connectivity index (χ3n) is 3.49. The van der Waals surface area contributed by atoms with Crippen LogP contribution in [0.3, 0.4) is 0 Å². The molecule has 0 bridgehead atoms. The predicted molar refractivity (Wildman–Crippen MR) is 98.9 cm³/mol. The molecular formula is C19H21N3OS. The minimum Gasteiger partial charge on any atom is -0.489 e. The third kappa shape index (κ3) is 4.64. The number of thiazole rings is 1. The first-order chi connectivity index (χ1) is 11.7. The first-order valence-electron chi connectivity index (χ1n) is 7.83. The van der Waals surface area contributed by atoms with Crippen LogP contribution in [0, 0.1) is 0 Å². The zero-order chi connectivity index (χ0) is 16.8. The van der Waals surface area contributed by atoms with Crippen molar-refractivity contribution in [2.75, 3.05) is 14.1 Å². The Labute approximate surface area is 146 Å². The van der Waals surface area contributed by atoms with Gasteiger partial charge in [-0.2, -0.15) is 0 Å². The Balaban J connectivity index is 1.60. The highest BCUT2D eigenvalue weighted by Gasteiger charge is 2.05. The molecule has 0 aliphatic heterocycles. The lowest BCUT2D eigenvalue weighted by Gasteiger charge is -2.09. The fraction of sp³-hybridized carbons (Fsp3) is 0.211. The zero-order valence-electron chi connectivity index (χ0n) is 13.9. The molecule has 1 aromatic heterocycles. The lowest BCUT2D eigenvalue weighted by molar-refractivity contribution is 0.286. The second-order valence-electron chi connectivity index (χ2n) is 5.65. The molecule has 0 aliphatic carbocycles. The van der Waals surface area contributed by atoms with Crippen molar-refractivity contribution in [3.05, 3.63) is 71.4 Å². The summed E-state index contributed by atoms with van der Waals surface area (Å²) in [6.45, 7) is 1.33. The smallest absolute Gasteiger partial charge is 0.119 e. The second-order valence-corrected chi connectivity index (χ2v) is 6.76. The van der Waals surface area contributed by atoms with Gasteiger partial charge < -0.3 is 4.74 Å². The van der Waals surface area contributed by atoms with Crippen molar-refractivity contribution in [1.29, 1.82) is 0 Å². The molecule has 2 aromatic carbocycles. The average Bonchev–Trinajstić information content (AvgIpc) is 3.08. The molecule has 0 saturated heterocycles. The Bertz CT molecular complexity index is 754. The summed E-state index contributed by atoms with van der Waals surface area (Å²) in [4.78, 5) is 5.63. The van der Waals surface area contributed by atoms with Crippen LogP contribution in [-0.4, -0.2) is 24.1 Å². The molecule has 5 heteroatoms. The Morgan fingerprint density at radius 1 is 1.04 bits per heavy atom. The fourth-order valence-corrected chi connectivity index (χ4v) is 3.06. The summed E-state index contributed by atoms with van der Waals surface area (Å²) in [6, 6.07) is 18.4. The van der Waals surface area contributed by atoms with Gasteiger partial charge in [0.25, 0.3) is 0 Å². The van der Waals surface area contributed by atoms with Crippen molar-refractivity contribution in [3.63, 3.8) is 0 Å². The standard InChI is InChI=1S/C19H21N3OS/c1-22(2)21-13-19-20-12-18(24-19)16-8-10-17(11-9-16)23-14-15-6-4-3-5-7-15/h3-12,21H,13-14H2,1-2H3. The number of hydrogen-bond acceptors (Lipinski definition) is 5. The van der Waals surface area contributed by atoms with E-state index < -0.39 is 0 Å². The maximum absolute atomic E-state index is 5.83. The highest BCUT2D eigenvalue weighted by atomic mass is 32.1. The second kappa shape index (κ2) is 8.06. The van der Waals surface area contributed by atoms with Gasteiger partial charge in [-0.15, -0.1) is 11.3 Å². The number of rotatable bonds is 7. The van der Waals surface area contributed by atoms with E-state index in [1.165, 1.54) is 10.4 Å². The van der Waals surface area contributed by atoms with Gasteiger partial charge in [-0.1, -0.05) is 30.3 Å². The van der Waals surface area contributed by atoms with E-state index >= 15 is 0 Å². The van der Waals surface area contributed by atoms with E-state index in [-0.39, 0.29) is 0 Å². The maximum atomic E-state index is 5.83. The number of hydrogen-bond donors (Lipinski definition) is 1. The Kier molecular flexibility index (Phi) is 5.59. The van der Waals surface area contributed by atoms with Gasteiger partial charge >= 0.3 is 0 Å². The minimum atomic E-state index is 0.584. The minimum absolute atomic E-state index is 0.584. The summed E-state index contributed by atoms with van der Waals surface area (Å²) < 4.78 is 5.83.